The highest BCUT2D eigenvalue weighted by atomic mass is 32.1. The van der Waals surface area contributed by atoms with Gasteiger partial charge in [-0.1, -0.05) is 13.3 Å². The molecular formula is C17H31NO4S. The van der Waals surface area contributed by atoms with Crippen molar-refractivity contribution in [2.45, 2.75) is 84.2 Å². The summed E-state index contributed by atoms with van der Waals surface area (Å²) in [6, 6.07) is -0.965. The zero-order valence-electron chi connectivity index (χ0n) is 14.8. The quantitative estimate of drug-likeness (QED) is 0.563. The maximum absolute atomic E-state index is 12.5. The van der Waals surface area contributed by atoms with E-state index in [1.807, 2.05) is 27.7 Å². The molecular weight excluding hydrogens is 314 g/mol. The maximum Gasteiger partial charge on any atom is 0.326 e. The van der Waals surface area contributed by atoms with Crippen molar-refractivity contribution in [2.75, 3.05) is 5.75 Å². The first-order chi connectivity index (χ1) is 10.6. The molecule has 0 aliphatic carbocycles. The first-order valence-corrected chi connectivity index (χ1v) is 8.95. The van der Waals surface area contributed by atoms with E-state index in [2.05, 4.69) is 12.6 Å². The SMILES string of the molecule is CCCCC(=O)CC[C@@H](C(=O)O)N(C(=O)CCCS)C(C)(C)C. The van der Waals surface area contributed by atoms with Crippen LogP contribution < -0.4 is 0 Å². The van der Waals surface area contributed by atoms with E-state index in [9.17, 15) is 19.5 Å². The van der Waals surface area contributed by atoms with Crippen molar-refractivity contribution in [3.63, 3.8) is 0 Å². The largest absolute Gasteiger partial charge is 0.480 e. The van der Waals surface area contributed by atoms with Gasteiger partial charge in [0.25, 0.3) is 0 Å². The number of Topliss-reactive ketones (excluding diaryl/α,β-unsaturated/α-hetero) is 1. The van der Waals surface area contributed by atoms with Gasteiger partial charge in [0.1, 0.15) is 11.8 Å². The molecule has 0 bridgehead atoms. The number of carboxylic acid groups (broad SMARTS) is 1. The summed E-state index contributed by atoms with van der Waals surface area (Å²) in [5.74, 6) is -0.603. The molecule has 0 saturated carbocycles. The molecule has 0 spiro atoms. The van der Waals surface area contributed by atoms with E-state index in [-0.39, 0.29) is 31.0 Å². The number of hydrogen-bond donors (Lipinski definition) is 2. The second-order valence-electron chi connectivity index (χ2n) is 6.80. The molecule has 0 saturated heterocycles. The van der Waals surface area contributed by atoms with E-state index < -0.39 is 17.6 Å². The number of thiol groups is 1. The van der Waals surface area contributed by atoms with Crippen LogP contribution in [0.5, 0.6) is 0 Å². The molecule has 23 heavy (non-hydrogen) atoms. The summed E-state index contributed by atoms with van der Waals surface area (Å²) in [6.07, 6.45) is 3.48. The van der Waals surface area contributed by atoms with Crippen molar-refractivity contribution in [3.8, 4) is 0 Å². The van der Waals surface area contributed by atoms with Crippen LogP contribution in [0.25, 0.3) is 0 Å². The lowest BCUT2D eigenvalue weighted by atomic mass is 9.97. The summed E-state index contributed by atoms with van der Waals surface area (Å²) in [6.45, 7) is 7.47. The minimum absolute atomic E-state index is 0.0646. The number of hydrogen-bond acceptors (Lipinski definition) is 4. The molecule has 0 rings (SSSR count). The predicted molar refractivity (Wildman–Crippen MR) is 94.9 cm³/mol. The molecule has 0 aliphatic rings. The molecule has 0 aliphatic heterocycles. The molecule has 134 valence electrons. The van der Waals surface area contributed by atoms with Gasteiger partial charge in [0.05, 0.1) is 0 Å². The summed E-state index contributed by atoms with van der Waals surface area (Å²) >= 11 is 4.10. The minimum atomic E-state index is -1.05. The van der Waals surface area contributed by atoms with Crippen LogP contribution in [0.15, 0.2) is 0 Å². The molecule has 1 amide bonds. The molecule has 0 heterocycles. The Kier molecular flexibility index (Phi) is 10.2. The van der Waals surface area contributed by atoms with Gasteiger partial charge in [-0.25, -0.2) is 4.79 Å². The summed E-state index contributed by atoms with van der Waals surface area (Å²) in [7, 11) is 0. The molecule has 1 atom stereocenters. The van der Waals surface area contributed by atoms with E-state index in [1.54, 1.807) is 0 Å². The van der Waals surface area contributed by atoms with Gasteiger partial charge in [-0.2, -0.15) is 12.6 Å². The monoisotopic (exact) mass is 345 g/mol. The molecule has 0 aromatic rings. The van der Waals surface area contributed by atoms with Crippen LogP contribution in [0.2, 0.25) is 0 Å². The Bertz CT molecular complexity index is 404. The molecule has 6 heteroatoms. The fourth-order valence-corrected chi connectivity index (χ4v) is 2.68. The van der Waals surface area contributed by atoms with E-state index in [0.717, 1.165) is 12.8 Å². The fourth-order valence-electron chi connectivity index (χ4n) is 2.53. The summed E-state index contributed by atoms with van der Waals surface area (Å²) in [4.78, 5) is 37.4. The van der Waals surface area contributed by atoms with Gasteiger partial charge < -0.3 is 10.0 Å². The van der Waals surface area contributed by atoms with Crippen molar-refractivity contribution in [3.05, 3.63) is 0 Å². The lowest BCUT2D eigenvalue weighted by molar-refractivity contribution is -0.155. The van der Waals surface area contributed by atoms with Crippen LogP contribution in [0.3, 0.4) is 0 Å². The number of amides is 1. The van der Waals surface area contributed by atoms with Gasteiger partial charge in [0.15, 0.2) is 0 Å². The van der Waals surface area contributed by atoms with Crippen molar-refractivity contribution in [1.29, 1.82) is 0 Å². The van der Waals surface area contributed by atoms with Gasteiger partial charge in [-0.05, 0) is 45.8 Å². The van der Waals surface area contributed by atoms with Crippen LogP contribution in [-0.2, 0) is 14.4 Å². The fraction of sp³-hybridized carbons (Fsp3) is 0.824. The van der Waals surface area contributed by atoms with Gasteiger partial charge in [0, 0.05) is 24.8 Å². The number of carbonyl (C=O) groups is 3. The number of carbonyl (C=O) groups excluding carboxylic acids is 2. The Morgan fingerprint density at radius 1 is 1.09 bits per heavy atom. The first kappa shape index (κ1) is 22.0. The number of aliphatic carboxylic acids is 1. The standard InChI is InChI=1S/C17H31NO4S/c1-5-6-8-13(19)10-11-14(16(21)22)18(17(2,3)4)15(20)9-7-12-23/h14,23H,5-12H2,1-4H3,(H,21,22)/t14-/m0/s1. The molecule has 0 radical (unpaired) electrons. The third kappa shape index (κ3) is 8.39. The first-order valence-electron chi connectivity index (χ1n) is 8.32. The highest BCUT2D eigenvalue weighted by Gasteiger charge is 2.36. The third-order valence-electron chi connectivity index (χ3n) is 3.64. The average molecular weight is 346 g/mol. The lowest BCUT2D eigenvalue weighted by Crippen LogP contribution is -2.54. The lowest BCUT2D eigenvalue weighted by Gasteiger charge is -2.40. The Balaban J connectivity index is 5.05. The van der Waals surface area contributed by atoms with E-state index >= 15 is 0 Å². The maximum atomic E-state index is 12.5. The van der Waals surface area contributed by atoms with Crippen molar-refractivity contribution in [2.24, 2.45) is 0 Å². The van der Waals surface area contributed by atoms with Gasteiger partial charge in [-0.3, -0.25) is 9.59 Å². The summed E-state index contributed by atoms with van der Waals surface area (Å²) in [5.41, 5.74) is -0.608. The third-order valence-corrected chi connectivity index (χ3v) is 3.96. The smallest absolute Gasteiger partial charge is 0.326 e. The summed E-state index contributed by atoms with van der Waals surface area (Å²) in [5, 5.41) is 9.55. The topological polar surface area (TPSA) is 74.7 Å². The second kappa shape index (κ2) is 10.7. The van der Waals surface area contributed by atoms with E-state index in [0.29, 0.717) is 18.6 Å². The Labute approximate surface area is 145 Å². The van der Waals surface area contributed by atoms with Crippen LogP contribution in [0.1, 0.15) is 72.6 Å². The zero-order chi connectivity index (χ0) is 18.0. The normalized spacial score (nSPS) is 12.7. The highest BCUT2D eigenvalue weighted by Crippen LogP contribution is 2.23. The average Bonchev–Trinajstić information content (AvgIpc) is 2.44. The highest BCUT2D eigenvalue weighted by molar-refractivity contribution is 7.80. The molecule has 5 nitrogen and oxygen atoms in total. The Morgan fingerprint density at radius 2 is 1.70 bits per heavy atom. The van der Waals surface area contributed by atoms with E-state index in [4.69, 9.17) is 0 Å². The minimum Gasteiger partial charge on any atom is -0.480 e. The van der Waals surface area contributed by atoms with Crippen LogP contribution in [-0.4, -0.2) is 45.0 Å². The number of rotatable bonds is 11. The van der Waals surface area contributed by atoms with Crippen LogP contribution in [0, 0.1) is 0 Å². The number of nitrogens with zero attached hydrogens (tertiary/aromatic N) is 1. The molecule has 1 N–H and O–H groups in total. The second-order valence-corrected chi connectivity index (χ2v) is 7.24. The molecule has 0 unspecified atom stereocenters. The summed E-state index contributed by atoms with van der Waals surface area (Å²) < 4.78 is 0. The van der Waals surface area contributed by atoms with E-state index in [1.165, 1.54) is 4.90 Å². The van der Waals surface area contributed by atoms with Gasteiger partial charge >= 0.3 is 5.97 Å². The van der Waals surface area contributed by atoms with Crippen LogP contribution in [0.4, 0.5) is 0 Å². The van der Waals surface area contributed by atoms with Crippen LogP contribution >= 0.6 is 12.6 Å². The number of carboxylic acids is 1. The predicted octanol–water partition coefficient (Wildman–Crippen LogP) is 3.32. The Hall–Kier alpha value is -1.04. The zero-order valence-corrected chi connectivity index (χ0v) is 15.7. The van der Waals surface area contributed by atoms with Crippen molar-refractivity contribution < 1.29 is 19.5 Å². The molecule has 0 fully saturated rings. The molecule has 0 aromatic heterocycles. The molecule has 0 aromatic carbocycles. The van der Waals surface area contributed by atoms with Crippen molar-refractivity contribution in [1.82, 2.24) is 4.90 Å². The number of unbranched alkanes of at least 4 members (excludes halogenated alkanes) is 1. The number of ketones is 1. The van der Waals surface area contributed by atoms with Crippen molar-refractivity contribution >= 4 is 30.3 Å². The van der Waals surface area contributed by atoms with Gasteiger partial charge in [-0.15, -0.1) is 0 Å². The van der Waals surface area contributed by atoms with Gasteiger partial charge in [0.2, 0.25) is 5.91 Å². The Morgan fingerprint density at radius 3 is 2.13 bits per heavy atom.